The maximum absolute atomic E-state index is 11.7. The first-order chi connectivity index (χ1) is 11.8. The third kappa shape index (κ3) is 3.41. The molecule has 1 aromatic carbocycles. The van der Waals surface area contributed by atoms with Crippen LogP contribution >= 0.6 is 0 Å². The fourth-order valence-corrected chi connectivity index (χ4v) is 2.02. The molecule has 1 heterocycles. The standard InChI is InChI=1S/C12H12N4O9/c17-4-7(18)11-9(19)10(20)12(25-11)14-13-5-2-1-3-6(15(21)22)8(5)16(23)24/h1-3,7,11,13-14,17-18,20H,4H2/t7-,11+/m0/s1. The smallest absolute Gasteiger partial charge is 0.370 e. The molecule has 0 spiro atoms. The second-order valence-corrected chi connectivity index (χ2v) is 4.77. The summed E-state index contributed by atoms with van der Waals surface area (Å²) in [6.07, 6.45) is -3.16. The molecule has 2 rings (SSSR count). The summed E-state index contributed by atoms with van der Waals surface area (Å²) < 4.78 is 4.93. The number of hydrogen-bond donors (Lipinski definition) is 5. The van der Waals surface area contributed by atoms with E-state index in [-0.39, 0.29) is 5.69 Å². The number of aliphatic hydroxyl groups excluding tert-OH is 3. The Bertz CT molecular complexity index is 763. The van der Waals surface area contributed by atoms with Crippen LogP contribution in [0.25, 0.3) is 0 Å². The summed E-state index contributed by atoms with van der Waals surface area (Å²) in [5, 5.41) is 49.8. The summed E-state index contributed by atoms with van der Waals surface area (Å²) in [4.78, 5) is 31.7. The van der Waals surface area contributed by atoms with Gasteiger partial charge in [-0.1, -0.05) is 6.07 Å². The number of ketones is 1. The molecule has 5 N–H and O–H groups in total. The number of nitro groups is 2. The second kappa shape index (κ2) is 6.98. The van der Waals surface area contributed by atoms with Crippen LogP contribution in [-0.2, 0) is 9.53 Å². The third-order valence-electron chi connectivity index (χ3n) is 3.19. The topological polar surface area (TPSA) is 197 Å². The molecule has 0 unspecified atom stereocenters. The van der Waals surface area contributed by atoms with Crippen molar-refractivity contribution >= 4 is 22.8 Å². The fraction of sp³-hybridized carbons (Fsp3) is 0.250. The summed E-state index contributed by atoms with van der Waals surface area (Å²) in [5.41, 5.74) is 2.44. The summed E-state index contributed by atoms with van der Waals surface area (Å²) in [6.45, 7) is -0.805. The van der Waals surface area contributed by atoms with E-state index < -0.39 is 57.5 Å². The molecule has 0 saturated heterocycles. The number of carbonyl (C=O) groups is 1. The van der Waals surface area contributed by atoms with Crippen molar-refractivity contribution in [1.29, 1.82) is 0 Å². The number of nitrogens with one attached hydrogen (secondary N) is 2. The number of benzene rings is 1. The van der Waals surface area contributed by atoms with Crippen molar-refractivity contribution in [3.05, 3.63) is 50.1 Å². The van der Waals surface area contributed by atoms with E-state index in [0.717, 1.165) is 12.1 Å². The molecule has 0 saturated carbocycles. The molecule has 0 radical (unpaired) electrons. The van der Waals surface area contributed by atoms with Crippen LogP contribution in [0.5, 0.6) is 0 Å². The number of anilines is 1. The molecular weight excluding hydrogens is 344 g/mol. The number of para-hydroxylation sites is 1. The SMILES string of the molecule is O=C1C(O)=C(NNc2cccc([N+](=O)[O-])c2[N+](=O)[O-])O[C@@H]1[C@@H](O)CO. The molecule has 13 heteroatoms. The van der Waals surface area contributed by atoms with Crippen LogP contribution in [0.1, 0.15) is 0 Å². The van der Waals surface area contributed by atoms with E-state index in [9.17, 15) is 35.2 Å². The van der Waals surface area contributed by atoms with Gasteiger partial charge in [0, 0.05) is 6.07 Å². The van der Waals surface area contributed by atoms with Gasteiger partial charge in [-0.2, -0.15) is 0 Å². The Morgan fingerprint density at radius 3 is 2.48 bits per heavy atom. The normalized spacial score (nSPS) is 17.8. The number of Topliss-reactive ketones (excluding diaryl/α,β-unsaturated/α-hetero) is 1. The number of rotatable bonds is 7. The minimum atomic E-state index is -1.60. The number of carbonyl (C=O) groups excluding carboxylic acids is 1. The molecule has 1 aliphatic rings. The zero-order valence-electron chi connectivity index (χ0n) is 12.3. The Labute approximate surface area is 138 Å². The van der Waals surface area contributed by atoms with Crippen molar-refractivity contribution in [2.75, 3.05) is 12.0 Å². The average Bonchev–Trinajstić information content (AvgIpc) is 2.86. The van der Waals surface area contributed by atoms with Crippen molar-refractivity contribution in [2.24, 2.45) is 0 Å². The maximum Gasteiger partial charge on any atom is 0.370 e. The van der Waals surface area contributed by atoms with Crippen molar-refractivity contribution in [3.8, 4) is 0 Å². The van der Waals surface area contributed by atoms with Crippen LogP contribution in [0.2, 0.25) is 0 Å². The first-order valence-corrected chi connectivity index (χ1v) is 6.64. The van der Waals surface area contributed by atoms with Gasteiger partial charge in [0.2, 0.25) is 11.5 Å². The molecule has 0 bridgehead atoms. The van der Waals surface area contributed by atoms with E-state index in [0.29, 0.717) is 0 Å². The number of hydrazine groups is 1. The number of hydrogen-bond acceptors (Lipinski definition) is 11. The monoisotopic (exact) mass is 356 g/mol. The maximum atomic E-state index is 11.7. The molecule has 0 amide bonds. The van der Waals surface area contributed by atoms with E-state index in [2.05, 4.69) is 10.9 Å². The van der Waals surface area contributed by atoms with Gasteiger partial charge >= 0.3 is 11.4 Å². The zero-order chi connectivity index (χ0) is 18.7. The van der Waals surface area contributed by atoms with Crippen LogP contribution < -0.4 is 10.9 Å². The molecule has 25 heavy (non-hydrogen) atoms. The Kier molecular flexibility index (Phi) is 5.00. The number of nitrogens with zero attached hydrogens (tertiary/aromatic N) is 2. The van der Waals surface area contributed by atoms with Crippen LogP contribution in [0.15, 0.2) is 29.8 Å². The third-order valence-corrected chi connectivity index (χ3v) is 3.19. The van der Waals surface area contributed by atoms with Crippen molar-refractivity contribution in [2.45, 2.75) is 12.2 Å². The molecule has 13 nitrogen and oxygen atoms in total. The van der Waals surface area contributed by atoms with Crippen molar-refractivity contribution in [3.63, 3.8) is 0 Å². The first kappa shape index (κ1) is 17.9. The van der Waals surface area contributed by atoms with E-state index in [1.807, 2.05) is 0 Å². The average molecular weight is 356 g/mol. The Morgan fingerprint density at radius 1 is 1.24 bits per heavy atom. The summed E-state index contributed by atoms with van der Waals surface area (Å²) in [7, 11) is 0. The quantitative estimate of drug-likeness (QED) is 0.311. The lowest BCUT2D eigenvalue weighted by molar-refractivity contribution is -0.421. The lowest BCUT2D eigenvalue weighted by atomic mass is 10.1. The van der Waals surface area contributed by atoms with Gasteiger partial charge in [-0.15, -0.1) is 0 Å². The summed E-state index contributed by atoms with van der Waals surface area (Å²) in [5.74, 6) is -2.50. The summed E-state index contributed by atoms with van der Waals surface area (Å²) >= 11 is 0. The van der Waals surface area contributed by atoms with Crippen LogP contribution in [-0.4, -0.2) is 49.8 Å². The van der Waals surface area contributed by atoms with Gasteiger partial charge < -0.3 is 20.1 Å². The lowest BCUT2D eigenvalue weighted by Gasteiger charge is -2.16. The minimum Gasteiger partial charge on any atom is -0.501 e. The molecule has 1 aliphatic heterocycles. The fourth-order valence-electron chi connectivity index (χ4n) is 2.02. The van der Waals surface area contributed by atoms with E-state index >= 15 is 0 Å². The predicted molar refractivity (Wildman–Crippen MR) is 79.1 cm³/mol. The van der Waals surface area contributed by atoms with Crippen LogP contribution in [0.4, 0.5) is 17.1 Å². The van der Waals surface area contributed by atoms with Gasteiger partial charge in [0.05, 0.1) is 16.5 Å². The number of aliphatic hydroxyl groups is 3. The molecule has 0 aliphatic carbocycles. The van der Waals surface area contributed by atoms with Gasteiger partial charge in [0.15, 0.2) is 6.10 Å². The van der Waals surface area contributed by atoms with Crippen molar-refractivity contribution < 1.29 is 34.7 Å². The Morgan fingerprint density at radius 2 is 1.92 bits per heavy atom. The molecular formula is C12H12N4O9. The highest BCUT2D eigenvalue weighted by atomic mass is 16.6. The van der Waals surface area contributed by atoms with Gasteiger partial charge in [-0.25, -0.2) is 0 Å². The Balaban J connectivity index is 2.22. The van der Waals surface area contributed by atoms with Gasteiger partial charge in [-0.3, -0.25) is 35.9 Å². The van der Waals surface area contributed by atoms with E-state index in [4.69, 9.17) is 9.84 Å². The molecule has 134 valence electrons. The van der Waals surface area contributed by atoms with E-state index in [1.165, 1.54) is 6.07 Å². The molecule has 1 aromatic rings. The number of ether oxygens (including phenoxy) is 1. The highest BCUT2D eigenvalue weighted by Gasteiger charge is 2.40. The lowest BCUT2D eigenvalue weighted by Crippen LogP contribution is -2.36. The molecule has 0 fully saturated rings. The van der Waals surface area contributed by atoms with Crippen LogP contribution in [0.3, 0.4) is 0 Å². The molecule has 2 atom stereocenters. The largest absolute Gasteiger partial charge is 0.501 e. The van der Waals surface area contributed by atoms with E-state index in [1.54, 1.807) is 0 Å². The zero-order valence-corrected chi connectivity index (χ0v) is 12.3. The minimum absolute atomic E-state index is 0.332. The van der Waals surface area contributed by atoms with Crippen LogP contribution in [0, 0.1) is 20.2 Å². The Hall–Kier alpha value is -3.45. The highest BCUT2D eigenvalue weighted by molar-refractivity contribution is 5.99. The van der Waals surface area contributed by atoms with Gasteiger partial charge in [-0.05, 0) is 6.07 Å². The second-order valence-electron chi connectivity index (χ2n) is 4.77. The van der Waals surface area contributed by atoms with Crippen molar-refractivity contribution in [1.82, 2.24) is 5.43 Å². The van der Waals surface area contributed by atoms with Gasteiger partial charge in [0.25, 0.3) is 5.88 Å². The number of nitro benzene ring substituents is 2. The predicted octanol–water partition coefficient (Wildman–Crippen LogP) is -0.532. The molecule has 0 aromatic heterocycles. The van der Waals surface area contributed by atoms with Gasteiger partial charge in [0.1, 0.15) is 11.8 Å². The first-order valence-electron chi connectivity index (χ1n) is 6.64. The summed E-state index contributed by atoms with van der Waals surface area (Å²) in [6, 6.07) is 3.26. The highest BCUT2D eigenvalue weighted by Crippen LogP contribution is 2.34.